The molecule has 0 atom stereocenters. The zero-order valence-electron chi connectivity index (χ0n) is 13.8. The Morgan fingerprint density at radius 3 is 2.38 bits per heavy atom. The third-order valence-corrected chi connectivity index (χ3v) is 4.97. The molecule has 4 rings (SSSR count). The second-order valence-corrected chi connectivity index (χ2v) is 7.13. The summed E-state index contributed by atoms with van der Waals surface area (Å²) in [7, 11) is 0. The molecule has 0 radical (unpaired) electrons. The summed E-state index contributed by atoms with van der Waals surface area (Å²) in [6.07, 6.45) is 5.06. The molecule has 1 aromatic carbocycles. The molecule has 0 spiro atoms. The number of hydrogen-bond donors (Lipinski definition) is 2. The number of anilines is 2. The van der Waals surface area contributed by atoms with Gasteiger partial charge in [0, 0.05) is 11.5 Å². The minimum Gasteiger partial charge on any atom is -0.319 e. The standard InChI is InChI=1S/C19H16N4O2S/c24-18(13-6-7-13)23-16-9-8-15(26-16)19(25)22-14-10-20-17(21-11-14)12-4-2-1-3-5-12/h1-5,8-11,13H,6-7H2,(H,22,25)(H,23,24). The van der Waals surface area contributed by atoms with Gasteiger partial charge in [0.25, 0.3) is 5.91 Å². The van der Waals surface area contributed by atoms with Crippen molar-refractivity contribution in [1.82, 2.24) is 9.97 Å². The Bertz CT molecular complexity index is 934. The predicted octanol–water partition coefficient (Wildman–Crippen LogP) is 3.81. The monoisotopic (exact) mass is 364 g/mol. The Hall–Kier alpha value is -3.06. The number of benzene rings is 1. The van der Waals surface area contributed by atoms with E-state index in [4.69, 9.17) is 0 Å². The zero-order chi connectivity index (χ0) is 17.9. The number of aromatic nitrogens is 2. The van der Waals surface area contributed by atoms with E-state index in [2.05, 4.69) is 20.6 Å². The molecule has 6 nitrogen and oxygen atoms in total. The molecule has 26 heavy (non-hydrogen) atoms. The lowest BCUT2D eigenvalue weighted by atomic mass is 10.2. The number of nitrogens with zero attached hydrogens (tertiary/aromatic N) is 2. The van der Waals surface area contributed by atoms with Crippen molar-refractivity contribution >= 4 is 33.8 Å². The highest BCUT2D eigenvalue weighted by atomic mass is 32.1. The lowest BCUT2D eigenvalue weighted by Gasteiger charge is -2.04. The first-order valence-corrected chi connectivity index (χ1v) is 9.10. The molecule has 0 saturated heterocycles. The average molecular weight is 364 g/mol. The lowest BCUT2D eigenvalue weighted by Crippen LogP contribution is -2.12. The molecule has 1 aliphatic carbocycles. The van der Waals surface area contributed by atoms with Crippen LogP contribution in [0.2, 0.25) is 0 Å². The first kappa shape index (κ1) is 16.4. The smallest absolute Gasteiger partial charge is 0.265 e. The van der Waals surface area contributed by atoms with Gasteiger partial charge in [0.1, 0.15) is 0 Å². The Balaban J connectivity index is 1.40. The molecule has 0 aliphatic heterocycles. The van der Waals surface area contributed by atoms with Crippen molar-refractivity contribution in [3.63, 3.8) is 0 Å². The van der Waals surface area contributed by atoms with Crippen LogP contribution in [0.25, 0.3) is 11.4 Å². The van der Waals surface area contributed by atoms with Gasteiger partial charge in [-0.3, -0.25) is 9.59 Å². The molecule has 1 aliphatic rings. The quantitative estimate of drug-likeness (QED) is 0.721. The van der Waals surface area contributed by atoms with Crippen LogP contribution in [0.4, 0.5) is 10.7 Å². The van der Waals surface area contributed by atoms with E-state index in [0.29, 0.717) is 21.4 Å². The topological polar surface area (TPSA) is 84.0 Å². The lowest BCUT2D eigenvalue weighted by molar-refractivity contribution is -0.117. The zero-order valence-corrected chi connectivity index (χ0v) is 14.6. The van der Waals surface area contributed by atoms with Gasteiger partial charge in [0.05, 0.1) is 28.0 Å². The van der Waals surface area contributed by atoms with Gasteiger partial charge in [-0.2, -0.15) is 0 Å². The van der Waals surface area contributed by atoms with E-state index in [9.17, 15) is 9.59 Å². The fourth-order valence-corrected chi connectivity index (χ4v) is 3.22. The highest BCUT2D eigenvalue weighted by Gasteiger charge is 2.29. The maximum Gasteiger partial charge on any atom is 0.265 e. The van der Waals surface area contributed by atoms with Crippen LogP contribution in [0.1, 0.15) is 22.5 Å². The van der Waals surface area contributed by atoms with Gasteiger partial charge in [0.15, 0.2) is 5.82 Å². The Morgan fingerprint density at radius 2 is 1.69 bits per heavy atom. The number of hydrogen-bond acceptors (Lipinski definition) is 5. The van der Waals surface area contributed by atoms with E-state index < -0.39 is 0 Å². The van der Waals surface area contributed by atoms with Crippen LogP contribution in [0, 0.1) is 5.92 Å². The molecule has 2 heterocycles. The van der Waals surface area contributed by atoms with Crippen LogP contribution in [0.15, 0.2) is 54.9 Å². The molecule has 1 fully saturated rings. The summed E-state index contributed by atoms with van der Waals surface area (Å²) >= 11 is 1.25. The van der Waals surface area contributed by atoms with Crippen molar-refractivity contribution < 1.29 is 9.59 Å². The number of nitrogens with one attached hydrogen (secondary N) is 2. The molecular formula is C19H16N4O2S. The van der Waals surface area contributed by atoms with Crippen LogP contribution in [0.3, 0.4) is 0 Å². The normalized spacial score (nSPS) is 13.2. The number of rotatable bonds is 5. The molecule has 7 heteroatoms. The van der Waals surface area contributed by atoms with Crippen molar-refractivity contribution in [2.45, 2.75) is 12.8 Å². The van der Waals surface area contributed by atoms with Gasteiger partial charge in [-0.1, -0.05) is 30.3 Å². The minimum absolute atomic E-state index is 0.0312. The van der Waals surface area contributed by atoms with E-state index >= 15 is 0 Å². The summed E-state index contributed by atoms with van der Waals surface area (Å²) in [5.41, 5.74) is 1.44. The van der Waals surface area contributed by atoms with E-state index in [-0.39, 0.29) is 17.7 Å². The van der Waals surface area contributed by atoms with Crippen LogP contribution in [-0.2, 0) is 4.79 Å². The molecule has 2 N–H and O–H groups in total. The van der Waals surface area contributed by atoms with Crippen molar-refractivity contribution in [2.24, 2.45) is 5.92 Å². The van der Waals surface area contributed by atoms with E-state index in [1.807, 2.05) is 30.3 Å². The van der Waals surface area contributed by atoms with Crippen LogP contribution in [0.5, 0.6) is 0 Å². The van der Waals surface area contributed by atoms with Crippen molar-refractivity contribution in [3.8, 4) is 11.4 Å². The van der Waals surface area contributed by atoms with Crippen LogP contribution in [-0.4, -0.2) is 21.8 Å². The third-order valence-electron chi connectivity index (χ3n) is 3.97. The van der Waals surface area contributed by atoms with Gasteiger partial charge < -0.3 is 10.6 Å². The van der Waals surface area contributed by atoms with E-state index in [1.165, 1.54) is 11.3 Å². The van der Waals surface area contributed by atoms with E-state index in [0.717, 1.165) is 18.4 Å². The Morgan fingerprint density at radius 1 is 0.962 bits per heavy atom. The maximum absolute atomic E-state index is 12.3. The van der Waals surface area contributed by atoms with Crippen LogP contribution < -0.4 is 10.6 Å². The van der Waals surface area contributed by atoms with Gasteiger partial charge in [-0.25, -0.2) is 9.97 Å². The third kappa shape index (κ3) is 3.78. The summed E-state index contributed by atoms with van der Waals surface area (Å²) < 4.78 is 0. The second kappa shape index (κ2) is 7.05. The van der Waals surface area contributed by atoms with Gasteiger partial charge >= 0.3 is 0 Å². The van der Waals surface area contributed by atoms with Crippen LogP contribution >= 0.6 is 11.3 Å². The Kier molecular flexibility index (Phi) is 4.45. The highest BCUT2D eigenvalue weighted by Crippen LogP contribution is 2.31. The number of amides is 2. The summed E-state index contributed by atoms with van der Waals surface area (Å²) in [4.78, 5) is 33.2. The maximum atomic E-state index is 12.3. The summed E-state index contributed by atoms with van der Waals surface area (Å²) in [6, 6.07) is 13.1. The fraction of sp³-hybridized carbons (Fsp3) is 0.158. The summed E-state index contributed by atoms with van der Waals surface area (Å²) in [6.45, 7) is 0. The molecular weight excluding hydrogens is 348 g/mol. The summed E-state index contributed by atoms with van der Waals surface area (Å²) in [5.74, 6) is 0.515. The molecule has 1 saturated carbocycles. The predicted molar refractivity (Wildman–Crippen MR) is 101 cm³/mol. The van der Waals surface area contributed by atoms with Gasteiger partial charge in [-0.15, -0.1) is 11.3 Å². The molecule has 0 unspecified atom stereocenters. The molecule has 0 bridgehead atoms. The van der Waals surface area contributed by atoms with Crippen molar-refractivity contribution in [2.75, 3.05) is 10.6 Å². The van der Waals surface area contributed by atoms with Gasteiger partial charge in [0.2, 0.25) is 5.91 Å². The second-order valence-electron chi connectivity index (χ2n) is 6.04. The van der Waals surface area contributed by atoms with Crippen molar-refractivity contribution in [3.05, 3.63) is 59.7 Å². The number of thiophene rings is 1. The Labute approximate surface area is 154 Å². The minimum atomic E-state index is -0.252. The summed E-state index contributed by atoms with van der Waals surface area (Å²) in [5, 5.41) is 6.30. The SMILES string of the molecule is O=C(Nc1cnc(-c2ccccc2)nc1)c1ccc(NC(=O)C2CC2)s1. The highest BCUT2D eigenvalue weighted by molar-refractivity contribution is 7.18. The largest absolute Gasteiger partial charge is 0.319 e. The molecule has 3 aromatic rings. The molecule has 2 amide bonds. The molecule has 130 valence electrons. The van der Waals surface area contributed by atoms with Gasteiger partial charge in [-0.05, 0) is 25.0 Å². The first-order chi connectivity index (χ1) is 12.7. The number of carbonyl (C=O) groups excluding carboxylic acids is 2. The van der Waals surface area contributed by atoms with Crippen molar-refractivity contribution in [1.29, 1.82) is 0 Å². The average Bonchev–Trinajstić information content (AvgIpc) is 3.43. The number of carbonyl (C=O) groups is 2. The first-order valence-electron chi connectivity index (χ1n) is 8.28. The molecule has 2 aromatic heterocycles. The fourth-order valence-electron chi connectivity index (χ4n) is 2.42. The van der Waals surface area contributed by atoms with E-state index in [1.54, 1.807) is 24.5 Å².